The zero-order valence-corrected chi connectivity index (χ0v) is 10.9. The molecule has 1 heterocycles. The van der Waals surface area contributed by atoms with E-state index >= 15 is 0 Å². The van der Waals surface area contributed by atoms with Gasteiger partial charge in [0.1, 0.15) is 5.76 Å². The topological polar surface area (TPSA) is 12.5 Å². The summed E-state index contributed by atoms with van der Waals surface area (Å²) < 4.78 is 5.71. The average molecular weight is 221 g/mol. The van der Waals surface area contributed by atoms with Crippen LogP contribution in [0.4, 0.5) is 0 Å². The molecule has 2 nitrogen and oxygen atoms in total. The Morgan fingerprint density at radius 3 is 2.88 bits per heavy atom. The van der Waals surface area contributed by atoms with Crippen LogP contribution in [0, 0.1) is 0 Å². The van der Waals surface area contributed by atoms with E-state index in [0.717, 1.165) is 18.7 Å². The van der Waals surface area contributed by atoms with Crippen LogP contribution < -0.4 is 0 Å². The summed E-state index contributed by atoms with van der Waals surface area (Å²) in [6.07, 6.45) is 11.2. The van der Waals surface area contributed by atoms with Crippen molar-refractivity contribution in [3.05, 3.63) is 35.8 Å². The Balaban J connectivity index is 2.64. The summed E-state index contributed by atoms with van der Waals surface area (Å²) in [5, 5.41) is 0. The second-order valence-electron chi connectivity index (χ2n) is 4.52. The summed E-state index contributed by atoms with van der Waals surface area (Å²) in [4.78, 5) is 2.16. The van der Waals surface area contributed by atoms with E-state index in [1.807, 2.05) is 0 Å². The fraction of sp³-hybridized carbons (Fsp3) is 0.571. The molecule has 0 aromatic carbocycles. The lowest BCUT2D eigenvalue weighted by Crippen LogP contribution is -2.19. The van der Waals surface area contributed by atoms with Gasteiger partial charge >= 0.3 is 0 Å². The van der Waals surface area contributed by atoms with Crippen LogP contribution in [0.1, 0.15) is 33.6 Å². The quantitative estimate of drug-likeness (QED) is 0.704. The van der Waals surface area contributed by atoms with Gasteiger partial charge in [0.2, 0.25) is 0 Å². The van der Waals surface area contributed by atoms with Gasteiger partial charge in [-0.3, -0.25) is 0 Å². The van der Waals surface area contributed by atoms with Gasteiger partial charge in [0.15, 0.2) is 0 Å². The summed E-state index contributed by atoms with van der Waals surface area (Å²) in [6.45, 7) is 7.26. The van der Waals surface area contributed by atoms with Gasteiger partial charge in [-0.25, -0.2) is 0 Å². The molecule has 0 bridgehead atoms. The van der Waals surface area contributed by atoms with E-state index in [9.17, 15) is 0 Å². The molecule has 2 heteroatoms. The summed E-state index contributed by atoms with van der Waals surface area (Å²) >= 11 is 0. The molecule has 90 valence electrons. The maximum absolute atomic E-state index is 5.71. The van der Waals surface area contributed by atoms with Crippen molar-refractivity contribution in [2.24, 2.45) is 0 Å². The van der Waals surface area contributed by atoms with Crippen LogP contribution in [0.25, 0.3) is 0 Å². The molecular weight excluding hydrogens is 198 g/mol. The minimum Gasteiger partial charge on any atom is -0.489 e. The molecule has 0 spiro atoms. The highest BCUT2D eigenvalue weighted by Gasteiger charge is 2.08. The van der Waals surface area contributed by atoms with Crippen LogP contribution in [0.15, 0.2) is 35.8 Å². The number of hydrogen-bond acceptors (Lipinski definition) is 2. The van der Waals surface area contributed by atoms with E-state index in [4.69, 9.17) is 4.74 Å². The molecule has 0 saturated heterocycles. The van der Waals surface area contributed by atoms with Gasteiger partial charge in [0, 0.05) is 19.8 Å². The Morgan fingerprint density at radius 2 is 2.25 bits per heavy atom. The summed E-state index contributed by atoms with van der Waals surface area (Å²) in [6, 6.07) is 0. The molecule has 0 radical (unpaired) electrons. The van der Waals surface area contributed by atoms with Crippen LogP contribution in [-0.2, 0) is 4.74 Å². The van der Waals surface area contributed by atoms with Crippen molar-refractivity contribution in [3.63, 3.8) is 0 Å². The van der Waals surface area contributed by atoms with Crippen LogP contribution in [0.3, 0.4) is 0 Å². The fourth-order valence-corrected chi connectivity index (χ4v) is 1.66. The molecule has 0 atom stereocenters. The summed E-state index contributed by atoms with van der Waals surface area (Å²) in [5.41, 5.74) is 1.31. The van der Waals surface area contributed by atoms with E-state index in [2.05, 4.69) is 57.1 Å². The van der Waals surface area contributed by atoms with Gasteiger partial charge in [-0.15, -0.1) is 0 Å². The highest BCUT2D eigenvalue weighted by molar-refractivity contribution is 5.31. The van der Waals surface area contributed by atoms with Crippen LogP contribution in [0.5, 0.6) is 0 Å². The minimum atomic E-state index is 0.231. The first-order chi connectivity index (χ1) is 7.61. The predicted octanol–water partition coefficient (Wildman–Crippen LogP) is 3.48. The molecule has 0 aromatic rings. The number of likely N-dealkylation sites (N-methyl/N-ethyl adjacent to an activating group) is 1. The van der Waals surface area contributed by atoms with Crippen LogP contribution in [-0.4, -0.2) is 24.6 Å². The van der Waals surface area contributed by atoms with Crippen molar-refractivity contribution >= 4 is 0 Å². The van der Waals surface area contributed by atoms with E-state index in [0.29, 0.717) is 0 Å². The Labute approximate surface area is 99.3 Å². The van der Waals surface area contributed by atoms with E-state index in [1.165, 1.54) is 12.0 Å². The number of allylic oxidation sites excluding steroid dienone is 2. The summed E-state index contributed by atoms with van der Waals surface area (Å²) in [5.74, 6) is 0.958. The highest BCUT2D eigenvalue weighted by atomic mass is 16.5. The maximum atomic E-state index is 5.71. The molecule has 0 aliphatic carbocycles. The number of hydrogen-bond donors (Lipinski definition) is 0. The van der Waals surface area contributed by atoms with Gasteiger partial charge in [-0.2, -0.15) is 0 Å². The predicted molar refractivity (Wildman–Crippen MR) is 69.1 cm³/mol. The number of unbranched alkanes of at least 4 members (excludes halogenated alkanes) is 1. The maximum Gasteiger partial charge on any atom is 0.135 e. The lowest BCUT2D eigenvalue weighted by Gasteiger charge is -2.23. The highest BCUT2D eigenvalue weighted by Crippen LogP contribution is 2.16. The first-order valence-electron chi connectivity index (χ1n) is 6.07. The number of rotatable bonds is 5. The molecule has 0 N–H and O–H groups in total. The molecule has 0 amide bonds. The van der Waals surface area contributed by atoms with E-state index in [-0.39, 0.29) is 6.10 Å². The minimum absolute atomic E-state index is 0.231. The third-order valence-electron chi connectivity index (χ3n) is 2.27. The molecule has 0 aromatic heterocycles. The molecular formula is C14H23NO. The first-order valence-corrected chi connectivity index (χ1v) is 6.07. The van der Waals surface area contributed by atoms with Gasteiger partial charge in [0.25, 0.3) is 0 Å². The van der Waals surface area contributed by atoms with Crippen molar-refractivity contribution in [1.29, 1.82) is 0 Å². The van der Waals surface area contributed by atoms with Gasteiger partial charge in [0.05, 0.1) is 6.10 Å². The Bertz CT molecular complexity index is 300. The zero-order chi connectivity index (χ0) is 12.0. The summed E-state index contributed by atoms with van der Waals surface area (Å²) in [7, 11) is 2.07. The van der Waals surface area contributed by atoms with Crippen molar-refractivity contribution in [2.75, 3.05) is 13.6 Å². The van der Waals surface area contributed by atoms with E-state index in [1.54, 1.807) is 0 Å². The molecule has 0 saturated carbocycles. The second-order valence-corrected chi connectivity index (χ2v) is 4.52. The monoisotopic (exact) mass is 221 g/mol. The standard InChI is InChI=1S/C14H23NO/c1-5-6-7-8-13-9-14(16-12(2)3)11-15(4)10-13/h7-9,11-12H,5-6,10H2,1-4H3/b8-7+. The lowest BCUT2D eigenvalue weighted by molar-refractivity contribution is 0.151. The van der Waals surface area contributed by atoms with Crippen molar-refractivity contribution < 1.29 is 4.74 Å². The molecule has 1 aliphatic heterocycles. The number of ether oxygens (including phenoxy) is 1. The third-order valence-corrected chi connectivity index (χ3v) is 2.27. The average Bonchev–Trinajstić information content (AvgIpc) is 2.16. The molecule has 1 rings (SSSR count). The van der Waals surface area contributed by atoms with Gasteiger partial charge in [-0.1, -0.05) is 25.5 Å². The van der Waals surface area contributed by atoms with Crippen LogP contribution in [0.2, 0.25) is 0 Å². The number of nitrogens with zero attached hydrogens (tertiary/aromatic N) is 1. The Morgan fingerprint density at radius 1 is 1.50 bits per heavy atom. The SMILES string of the molecule is CCC/C=C/C1=CC(OC(C)C)=CN(C)C1. The van der Waals surface area contributed by atoms with Gasteiger partial charge < -0.3 is 9.64 Å². The normalized spacial score (nSPS) is 16.7. The fourth-order valence-electron chi connectivity index (χ4n) is 1.66. The van der Waals surface area contributed by atoms with Crippen molar-refractivity contribution in [3.8, 4) is 0 Å². The lowest BCUT2D eigenvalue weighted by atomic mass is 10.1. The Kier molecular flexibility index (Phi) is 5.17. The van der Waals surface area contributed by atoms with Crippen LogP contribution >= 0.6 is 0 Å². The Hall–Kier alpha value is -1.18. The zero-order valence-electron chi connectivity index (χ0n) is 10.9. The largest absolute Gasteiger partial charge is 0.489 e. The third kappa shape index (κ3) is 4.56. The smallest absolute Gasteiger partial charge is 0.135 e. The van der Waals surface area contributed by atoms with E-state index < -0.39 is 0 Å². The van der Waals surface area contributed by atoms with Gasteiger partial charge in [-0.05, 0) is 31.9 Å². The van der Waals surface area contributed by atoms with Crippen molar-refractivity contribution in [2.45, 2.75) is 39.7 Å². The molecule has 1 aliphatic rings. The first kappa shape index (κ1) is 12.9. The van der Waals surface area contributed by atoms with Crippen molar-refractivity contribution in [1.82, 2.24) is 4.90 Å². The molecule has 0 fully saturated rings. The molecule has 16 heavy (non-hydrogen) atoms. The molecule has 0 unspecified atom stereocenters. The second kappa shape index (κ2) is 6.41.